The number of hydrogen-bond donors (Lipinski definition) is 2. The van der Waals surface area contributed by atoms with Crippen LogP contribution in [0.5, 0.6) is 0 Å². The van der Waals surface area contributed by atoms with E-state index in [4.69, 9.17) is 4.52 Å². The smallest absolute Gasteiger partial charge is 0.257 e. The standard InChI is InChI=1S/C20H17N5O2/c26-19(16-13-22-24-18(16)14-7-3-1-4-8-14)21-12-11-17-23-20(27-25-17)15-9-5-2-6-10-15/h1-10,13H,11-12H2,(H,21,26)(H,22,24). The summed E-state index contributed by atoms with van der Waals surface area (Å²) in [4.78, 5) is 16.8. The predicted octanol–water partition coefficient (Wildman–Crippen LogP) is 3.10. The molecule has 0 aliphatic rings. The number of hydrogen-bond acceptors (Lipinski definition) is 5. The molecule has 0 aliphatic heterocycles. The molecule has 4 aromatic rings. The van der Waals surface area contributed by atoms with Gasteiger partial charge in [-0.25, -0.2) is 0 Å². The number of H-pyrrole nitrogens is 1. The Morgan fingerprint density at radius 2 is 1.70 bits per heavy atom. The van der Waals surface area contributed by atoms with Gasteiger partial charge in [0, 0.05) is 24.1 Å². The summed E-state index contributed by atoms with van der Waals surface area (Å²) in [6, 6.07) is 19.2. The molecule has 0 saturated heterocycles. The maximum atomic E-state index is 12.5. The van der Waals surface area contributed by atoms with Gasteiger partial charge in [0.25, 0.3) is 11.8 Å². The molecular formula is C20H17N5O2. The zero-order valence-corrected chi connectivity index (χ0v) is 14.4. The lowest BCUT2D eigenvalue weighted by Crippen LogP contribution is -2.26. The van der Waals surface area contributed by atoms with Crippen LogP contribution in [0.15, 0.2) is 71.4 Å². The molecule has 2 N–H and O–H groups in total. The van der Waals surface area contributed by atoms with Gasteiger partial charge in [0.15, 0.2) is 5.82 Å². The van der Waals surface area contributed by atoms with Crippen molar-refractivity contribution in [3.05, 3.63) is 78.2 Å². The molecule has 0 unspecified atom stereocenters. The minimum absolute atomic E-state index is 0.200. The summed E-state index contributed by atoms with van der Waals surface area (Å²) in [5, 5.41) is 13.7. The molecule has 0 atom stereocenters. The number of amides is 1. The Morgan fingerprint density at radius 1 is 1.00 bits per heavy atom. The van der Waals surface area contributed by atoms with E-state index in [-0.39, 0.29) is 5.91 Å². The van der Waals surface area contributed by atoms with Crippen LogP contribution in [-0.4, -0.2) is 32.8 Å². The third-order valence-electron chi connectivity index (χ3n) is 4.07. The number of rotatable bonds is 6. The number of carbonyl (C=O) groups excluding carboxylic acids is 1. The first kappa shape index (κ1) is 16.7. The Hall–Kier alpha value is -3.74. The molecule has 2 aromatic carbocycles. The van der Waals surface area contributed by atoms with Gasteiger partial charge in [-0.1, -0.05) is 53.7 Å². The highest BCUT2D eigenvalue weighted by Crippen LogP contribution is 2.20. The second-order valence-electron chi connectivity index (χ2n) is 5.91. The largest absolute Gasteiger partial charge is 0.351 e. The molecule has 134 valence electrons. The van der Waals surface area contributed by atoms with E-state index in [0.717, 1.165) is 11.1 Å². The van der Waals surface area contributed by atoms with E-state index in [0.29, 0.717) is 35.9 Å². The van der Waals surface area contributed by atoms with Gasteiger partial charge in [-0.05, 0) is 12.1 Å². The molecule has 0 fully saturated rings. The van der Waals surface area contributed by atoms with Crippen LogP contribution >= 0.6 is 0 Å². The van der Waals surface area contributed by atoms with E-state index in [2.05, 4.69) is 25.7 Å². The Balaban J connectivity index is 1.37. The van der Waals surface area contributed by atoms with Crippen LogP contribution in [-0.2, 0) is 6.42 Å². The minimum atomic E-state index is -0.200. The lowest BCUT2D eigenvalue weighted by molar-refractivity contribution is 0.0954. The van der Waals surface area contributed by atoms with Crippen LogP contribution in [0, 0.1) is 0 Å². The second-order valence-corrected chi connectivity index (χ2v) is 5.91. The summed E-state index contributed by atoms with van der Waals surface area (Å²) < 4.78 is 5.27. The average molecular weight is 359 g/mol. The maximum absolute atomic E-state index is 12.5. The highest BCUT2D eigenvalue weighted by atomic mass is 16.5. The number of aromatic nitrogens is 4. The molecule has 0 aliphatic carbocycles. The molecular weight excluding hydrogens is 342 g/mol. The van der Waals surface area contributed by atoms with Crippen molar-refractivity contribution in [3.63, 3.8) is 0 Å². The van der Waals surface area contributed by atoms with Crippen molar-refractivity contribution < 1.29 is 9.32 Å². The summed E-state index contributed by atoms with van der Waals surface area (Å²) in [7, 11) is 0. The predicted molar refractivity (Wildman–Crippen MR) is 99.8 cm³/mol. The number of nitrogens with one attached hydrogen (secondary N) is 2. The van der Waals surface area contributed by atoms with Gasteiger partial charge < -0.3 is 9.84 Å². The van der Waals surface area contributed by atoms with Crippen molar-refractivity contribution in [2.75, 3.05) is 6.54 Å². The van der Waals surface area contributed by atoms with Crippen LogP contribution in [0.1, 0.15) is 16.2 Å². The van der Waals surface area contributed by atoms with Crippen molar-refractivity contribution in [3.8, 4) is 22.7 Å². The van der Waals surface area contributed by atoms with E-state index in [1.165, 1.54) is 6.20 Å². The van der Waals surface area contributed by atoms with Crippen LogP contribution < -0.4 is 5.32 Å². The second kappa shape index (κ2) is 7.65. The Kier molecular flexibility index (Phi) is 4.74. The average Bonchev–Trinajstić information content (AvgIpc) is 3.39. The van der Waals surface area contributed by atoms with Crippen molar-refractivity contribution in [2.24, 2.45) is 0 Å². The normalized spacial score (nSPS) is 10.7. The summed E-state index contributed by atoms with van der Waals surface area (Å²) >= 11 is 0. The lowest BCUT2D eigenvalue weighted by Gasteiger charge is -2.04. The zero-order valence-electron chi connectivity index (χ0n) is 14.4. The molecule has 27 heavy (non-hydrogen) atoms. The summed E-state index contributed by atoms with van der Waals surface area (Å²) in [5.41, 5.74) is 2.97. The molecule has 0 radical (unpaired) electrons. The Morgan fingerprint density at radius 3 is 2.44 bits per heavy atom. The quantitative estimate of drug-likeness (QED) is 0.551. The molecule has 1 amide bonds. The van der Waals surface area contributed by atoms with Gasteiger partial charge in [-0.3, -0.25) is 9.89 Å². The van der Waals surface area contributed by atoms with Gasteiger partial charge in [0.1, 0.15) is 0 Å². The van der Waals surface area contributed by atoms with Crippen LogP contribution in [0.3, 0.4) is 0 Å². The van der Waals surface area contributed by atoms with Gasteiger partial charge in [-0.15, -0.1) is 0 Å². The van der Waals surface area contributed by atoms with Crippen LogP contribution in [0.4, 0.5) is 0 Å². The Bertz CT molecular complexity index is 1020. The van der Waals surface area contributed by atoms with Gasteiger partial charge in [0.05, 0.1) is 17.5 Å². The summed E-state index contributed by atoms with van der Waals surface area (Å²) in [5.74, 6) is 0.817. The highest BCUT2D eigenvalue weighted by molar-refractivity contribution is 5.99. The monoisotopic (exact) mass is 359 g/mol. The van der Waals surface area contributed by atoms with E-state index < -0.39 is 0 Å². The first-order valence-electron chi connectivity index (χ1n) is 8.56. The first-order valence-corrected chi connectivity index (χ1v) is 8.56. The van der Waals surface area contributed by atoms with E-state index in [9.17, 15) is 4.79 Å². The van der Waals surface area contributed by atoms with Crippen LogP contribution in [0.25, 0.3) is 22.7 Å². The Labute approximate surface area is 155 Å². The highest BCUT2D eigenvalue weighted by Gasteiger charge is 2.15. The SMILES string of the molecule is O=C(NCCc1noc(-c2ccccc2)n1)c1cn[nH]c1-c1ccccc1. The van der Waals surface area contributed by atoms with Crippen LogP contribution in [0.2, 0.25) is 0 Å². The molecule has 0 spiro atoms. The third-order valence-corrected chi connectivity index (χ3v) is 4.07. The van der Waals surface area contributed by atoms with Crippen molar-refractivity contribution in [2.45, 2.75) is 6.42 Å². The first-order chi connectivity index (χ1) is 13.3. The van der Waals surface area contributed by atoms with E-state index >= 15 is 0 Å². The van der Waals surface area contributed by atoms with E-state index in [1.54, 1.807) is 0 Å². The fourth-order valence-electron chi connectivity index (χ4n) is 2.72. The molecule has 7 heteroatoms. The molecule has 2 aromatic heterocycles. The van der Waals surface area contributed by atoms with Gasteiger partial charge in [-0.2, -0.15) is 10.1 Å². The molecule has 2 heterocycles. The zero-order chi connectivity index (χ0) is 18.5. The molecule has 0 bridgehead atoms. The number of carbonyl (C=O) groups is 1. The number of benzene rings is 2. The van der Waals surface area contributed by atoms with Crippen molar-refractivity contribution in [1.82, 2.24) is 25.7 Å². The number of aromatic amines is 1. The van der Waals surface area contributed by atoms with Gasteiger partial charge in [0.2, 0.25) is 0 Å². The van der Waals surface area contributed by atoms with Gasteiger partial charge >= 0.3 is 0 Å². The molecule has 7 nitrogen and oxygen atoms in total. The molecule has 4 rings (SSSR count). The topological polar surface area (TPSA) is 96.7 Å². The fourth-order valence-corrected chi connectivity index (χ4v) is 2.72. The number of nitrogens with zero attached hydrogens (tertiary/aromatic N) is 3. The fraction of sp³-hybridized carbons (Fsp3) is 0.100. The van der Waals surface area contributed by atoms with Crippen molar-refractivity contribution >= 4 is 5.91 Å². The third kappa shape index (κ3) is 3.77. The lowest BCUT2D eigenvalue weighted by atomic mass is 10.1. The molecule has 0 saturated carbocycles. The summed E-state index contributed by atoms with van der Waals surface area (Å²) in [6.07, 6.45) is 2.00. The summed E-state index contributed by atoms with van der Waals surface area (Å²) in [6.45, 7) is 0.395. The minimum Gasteiger partial charge on any atom is -0.351 e. The maximum Gasteiger partial charge on any atom is 0.257 e. The van der Waals surface area contributed by atoms with Crippen molar-refractivity contribution in [1.29, 1.82) is 0 Å². The van der Waals surface area contributed by atoms with E-state index in [1.807, 2.05) is 60.7 Å².